The monoisotopic (exact) mass is 470 g/mol. The molecule has 0 heterocycles. The number of hydrogen-bond donors (Lipinski definition) is 1. The van der Waals surface area contributed by atoms with E-state index in [1.165, 1.54) is 6.08 Å². The molecule has 0 radical (unpaired) electrons. The molecule has 33 heavy (non-hydrogen) atoms. The van der Waals surface area contributed by atoms with Gasteiger partial charge >= 0.3 is 0 Å². The Hall–Kier alpha value is -2.93. The zero-order valence-corrected chi connectivity index (χ0v) is 20.6. The van der Waals surface area contributed by atoms with Gasteiger partial charge in [-0.1, -0.05) is 74.5 Å². The molecule has 0 saturated heterocycles. The van der Waals surface area contributed by atoms with Gasteiger partial charge in [0.05, 0.1) is 5.41 Å². The molecule has 1 atom stereocenters. The van der Waals surface area contributed by atoms with Crippen molar-refractivity contribution in [2.45, 2.75) is 46.6 Å². The summed E-state index contributed by atoms with van der Waals surface area (Å²) < 4.78 is 27.1. The van der Waals surface area contributed by atoms with Gasteiger partial charge in [0.15, 0.2) is 0 Å². The van der Waals surface area contributed by atoms with E-state index >= 15 is 0 Å². The summed E-state index contributed by atoms with van der Waals surface area (Å²) in [6, 6.07) is 18.6. The van der Waals surface area contributed by atoms with Crippen LogP contribution in [0.25, 0.3) is 6.08 Å². The van der Waals surface area contributed by atoms with Gasteiger partial charge in [-0.2, -0.15) is 0 Å². The third kappa shape index (κ3) is 8.85. The van der Waals surface area contributed by atoms with Crippen molar-refractivity contribution in [2.75, 3.05) is 6.54 Å². The van der Waals surface area contributed by atoms with Crippen LogP contribution in [0.1, 0.15) is 45.2 Å². The average Bonchev–Trinajstić information content (AvgIpc) is 2.77. The molecule has 7 heteroatoms. The average molecular weight is 471 g/mol. The Labute approximate surface area is 197 Å². The van der Waals surface area contributed by atoms with E-state index in [2.05, 4.69) is 4.72 Å². The van der Waals surface area contributed by atoms with Crippen molar-refractivity contribution in [3.63, 3.8) is 0 Å². The summed E-state index contributed by atoms with van der Waals surface area (Å²) in [6.07, 6.45) is 2.32. The molecule has 178 valence electrons. The molecule has 2 aromatic carbocycles. The van der Waals surface area contributed by atoms with E-state index in [0.29, 0.717) is 18.5 Å². The lowest BCUT2D eigenvalue weighted by Gasteiger charge is -2.31. The summed E-state index contributed by atoms with van der Waals surface area (Å²) in [5.41, 5.74) is 1.78. The number of amides is 2. The Kier molecular flexibility index (Phi) is 9.85. The van der Waals surface area contributed by atoms with Crippen molar-refractivity contribution in [3.8, 4) is 0 Å². The molecule has 1 unspecified atom stereocenters. The van der Waals surface area contributed by atoms with Crippen molar-refractivity contribution >= 4 is 27.9 Å². The number of nitrogens with one attached hydrogen (secondary N) is 1. The first-order valence-corrected chi connectivity index (χ1v) is 12.8. The molecule has 0 fully saturated rings. The summed E-state index contributed by atoms with van der Waals surface area (Å²) in [5, 5.41) is 0.951. The molecule has 2 aromatic rings. The Balaban J connectivity index is 2.16. The van der Waals surface area contributed by atoms with E-state index in [0.717, 1.165) is 11.0 Å². The third-order valence-corrected chi connectivity index (χ3v) is 6.17. The normalized spacial score (nSPS) is 12.8. The van der Waals surface area contributed by atoms with Gasteiger partial charge in [0, 0.05) is 12.6 Å². The van der Waals surface area contributed by atoms with Crippen LogP contribution in [0, 0.1) is 11.8 Å². The highest BCUT2D eigenvalue weighted by Crippen LogP contribution is 2.18. The Morgan fingerprint density at radius 3 is 2.06 bits per heavy atom. The highest BCUT2D eigenvalue weighted by atomic mass is 32.2. The van der Waals surface area contributed by atoms with Gasteiger partial charge in [-0.05, 0) is 49.8 Å². The van der Waals surface area contributed by atoms with E-state index in [-0.39, 0.29) is 24.3 Å². The number of hydrogen-bond acceptors (Lipinski definition) is 4. The van der Waals surface area contributed by atoms with Crippen LogP contribution in [0.2, 0.25) is 0 Å². The molecule has 0 aliphatic heterocycles. The number of benzene rings is 2. The predicted octanol–water partition coefficient (Wildman–Crippen LogP) is 4.25. The third-order valence-electron chi connectivity index (χ3n) is 5.19. The lowest BCUT2D eigenvalue weighted by molar-refractivity contribution is -0.143. The minimum atomic E-state index is -4.05. The topological polar surface area (TPSA) is 83.5 Å². The SMILES string of the molecule is CC(C)CC(C(=O)NS(=O)(=O)/C=C/c1ccccc1)C(=O)N(CCc1ccccc1)C(C)C. The molecule has 0 saturated carbocycles. The van der Waals surface area contributed by atoms with E-state index in [4.69, 9.17) is 0 Å². The highest BCUT2D eigenvalue weighted by molar-refractivity contribution is 7.93. The Morgan fingerprint density at radius 2 is 1.52 bits per heavy atom. The van der Waals surface area contributed by atoms with Crippen LogP contribution in [-0.4, -0.2) is 37.7 Å². The highest BCUT2D eigenvalue weighted by Gasteiger charge is 2.34. The fourth-order valence-corrected chi connectivity index (χ4v) is 4.31. The van der Waals surface area contributed by atoms with Gasteiger partial charge in [-0.3, -0.25) is 9.59 Å². The van der Waals surface area contributed by atoms with Crippen molar-refractivity contribution < 1.29 is 18.0 Å². The molecule has 0 aliphatic rings. The molecule has 6 nitrogen and oxygen atoms in total. The summed E-state index contributed by atoms with van der Waals surface area (Å²) in [4.78, 5) is 28.0. The zero-order chi connectivity index (χ0) is 24.4. The number of carbonyl (C=O) groups excluding carboxylic acids is 2. The fraction of sp³-hybridized carbons (Fsp3) is 0.385. The van der Waals surface area contributed by atoms with Crippen LogP contribution >= 0.6 is 0 Å². The van der Waals surface area contributed by atoms with E-state index in [1.807, 2.05) is 64.1 Å². The maximum atomic E-state index is 13.4. The quantitative estimate of drug-likeness (QED) is 0.498. The number of nitrogens with zero attached hydrogens (tertiary/aromatic N) is 1. The molecule has 0 spiro atoms. The number of rotatable bonds is 11. The van der Waals surface area contributed by atoms with Gasteiger partial charge < -0.3 is 4.90 Å². The van der Waals surface area contributed by atoms with Gasteiger partial charge in [0.25, 0.3) is 10.0 Å². The standard InChI is InChI=1S/C26H34N2O4S/c1-20(2)19-24(25(29)27-33(31,32)18-16-23-13-9-6-10-14-23)26(30)28(21(3)4)17-15-22-11-7-5-8-12-22/h5-14,16,18,20-21,24H,15,17,19H2,1-4H3,(H,27,29)/b18-16+. The number of sulfonamides is 1. The molecular formula is C26H34N2O4S. The largest absolute Gasteiger partial charge is 0.339 e. The molecule has 1 N–H and O–H groups in total. The fourth-order valence-electron chi connectivity index (χ4n) is 3.49. The maximum absolute atomic E-state index is 13.4. The molecule has 0 aromatic heterocycles. The first kappa shape index (κ1) is 26.3. The molecule has 0 aliphatic carbocycles. The van der Waals surface area contributed by atoms with E-state index in [1.54, 1.807) is 29.2 Å². The maximum Gasteiger partial charge on any atom is 0.257 e. The Bertz CT molecular complexity index is 1030. The van der Waals surface area contributed by atoms with Crippen molar-refractivity contribution in [1.29, 1.82) is 0 Å². The lowest BCUT2D eigenvalue weighted by Crippen LogP contribution is -2.48. The van der Waals surface area contributed by atoms with E-state index in [9.17, 15) is 18.0 Å². The molecule has 2 rings (SSSR count). The summed E-state index contributed by atoms with van der Waals surface area (Å²) in [5.74, 6) is -2.19. The van der Waals surface area contributed by atoms with Gasteiger partial charge in [-0.25, -0.2) is 13.1 Å². The van der Waals surface area contributed by atoms with Gasteiger partial charge in [0.1, 0.15) is 5.92 Å². The predicted molar refractivity (Wildman–Crippen MR) is 132 cm³/mol. The van der Waals surface area contributed by atoms with Crippen LogP contribution in [0.4, 0.5) is 0 Å². The van der Waals surface area contributed by atoms with E-state index < -0.39 is 21.8 Å². The molecular weight excluding hydrogens is 436 g/mol. The minimum Gasteiger partial charge on any atom is -0.339 e. The second-order valence-electron chi connectivity index (χ2n) is 8.77. The summed E-state index contributed by atoms with van der Waals surface area (Å²) in [7, 11) is -4.05. The van der Waals surface area contributed by atoms with Crippen molar-refractivity contribution in [1.82, 2.24) is 9.62 Å². The van der Waals surface area contributed by atoms with Crippen LogP contribution in [0.15, 0.2) is 66.1 Å². The summed E-state index contributed by atoms with van der Waals surface area (Å²) in [6.45, 7) is 8.05. The van der Waals surface area contributed by atoms with Crippen LogP contribution in [0.3, 0.4) is 0 Å². The minimum absolute atomic E-state index is 0.0374. The summed E-state index contributed by atoms with van der Waals surface area (Å²) >= 11 is 0. The van der Waals surface area contributed by atoms with Crippen molar-refractivity contribution in [2.24, 2.45) is 11.8 Å². The van der Waals surface area contributed by atoms with Gasteiger partial charge in [-0.15, -0.1) is 0 Å². The lowest BCUT2D eigenvalue weighted by atomic mass is 9.94. The second-order valence-corrected chi connectivity index (χ2v) is 10.3. The smallest absolute Gasteiger partial charge is 0.257 e. The second kappa shape index (κ2) is 12.3. The molecule has 0 bridgehead atoms. The first-order chi connectivity index (χ1) is 15.6. The molecule has 2 amide bonds. The van der Waals surface area contributed by atoms with Crippen molar-refractivity contribution in [3.05, 3.63) is 77.2 Å². The van der Waals surface area contributed by atoms with Crippen LogP contribution in [-0.2, 0) is 26.0 Å². The van der Waals surface area contributed by atoms with Crippen LogP contribution < -0.4 is 4.72 Å². The zero-order valence-electron chi connectivity index (χ0n) is 19.8. The van der Waals surface area contributed by atoms with Gasteiger partial charge in [0.2, 0.25) is 11.8 Å². The Morgan fingerprint density at radius 1 is 0.939 bits per heavy atom. The first-order valence-electron chi connectivity index (χ1n) is 11.2. The van der Waals surface area contributed by atoms with Crippen LogP contribution in [0.5, 0.6) is 0 Å². The number of carbonyl (C=O) groups is 2.